The molecule has 27 heavy (non-hydrogen) atoms. The molecular formula is C18H25N3O5S. The predicted octanol–water partition coefficient (Wildman–Crippen LogP) is 0.772. The molecule has 8 nitrogen and oxygen atoms in total. The maximum atomic E-state index is 13.0. The number of thiophene rings is 1. The molecule has 2 aliphatic heterocycles. The summed E-state index contributed by atoms with van der Waals surface area (Å²) in [5.41, 5.74) is -0.231. The van der Waals surface area contributed by atoms with Crippen molar-refractivity contribution in [2.24, 2.45) is 5.41 Å². The zero-order valence-electron chi connectivity index (χ0n) is 15.6. The number of carbonyl (C=O) groups excluding carboxylic acids is 3. The summed E-state index contributed by atoms with van der Waals surface area (Å²) < 4.78 is 10.1. The van der Waals surface area contributed by atoms with Crippen LogP contribution in [-0.2, 0) is 19.1 Å². The van der Waals surface area contributed by atoms with E-state index in [1.165, 1.54) is 18.4 Å². The van der Waals surface area contributed by atoms with Gasteiger partial charge in [-0.3, -0.25) is 9.59 Å². The fourth-order valence-corrected chi connectivity index (χ4v) is 4.64. The van der Waals surface area contributed by atoms with Crippen molar-refractivity contribution in [2.45, 2.75) is 25.3 Å². The van der Waals surface area contributed by atoms with Gasteiger partial charge in [0.15, 0.2) is 0 Å². The summed E-state index contributed by atoms with van der Waals surface area (Å²) in [5.74, 6) is -0.803. The highest BCUT2D eigenvalue weighted by molar-refractivity contribution is 7.14. The summed E-state index contributed by atoms with van der Waals surface area (Å²) in [6.45, 7) is 2.29. The molecular weight excluding hydrogens is 370 g/mol. The molecule has 0 radical (unpaired) electrons. The van der Waals surface area contributed by atoms with Crippen LogP contribution in [0.15, 0.2) is 11.4 Å². The smallest absolute Gasteiger partial charge is 0.340 e. The minimum atomic E-state index is -0.603. The summed E-state index contributed by atoms with van der Waals surface area (Å²) in [4.78, 5) is 39.3. The van der Waals surface area contributed by atoms with Gasteiger partial charge in [-0.15, -0.1) is 11.3 Å². The number of methoxy groups -OCH3 is 2. The second-order valence-corrected chi connectivity index (χ2v) is 7.79. The molecule has 1 unspecified atom stereocenters. The molecule has 9 heteroatoms. The van der Waals surface area contributed by atoms with Gasteiger partial charge in [0, 0.05) is 13.7 Å². The molecule has 0 aliphatic carbocycles. The van der Waals surface area contributed by atoms with Crippen molar-refractivity contribution in [2.75, 3.05) is 45.4 Å². The summed E-state index contributed by atoms with van der Waals surface area (Å²) in [7, 11) is 2.90. The number of esters is 1. The van der Waals surface area contributed by atoms with Crippen LogP contribution in [0.5, 0.6) is 0 Å². The average Bonchev–Trinajstić information content (AvgIpc) is 3.29. The van der Waals surface area contributed by atoms with Gasteiger partial charge in [0.2, 0.25) is 11.8 Å². The van der Waals surface area contributed by atoms with E-state index in [1.54, 1.807) is 23.5 Å². The third-order valence-corrected chi connectivity index (χ3v) is 6.20. The lowest BCUT2D eigenvalue weighted by Gasteiger charge is -2.36. The van der Waals surface area contributed by atoms with E-state index in [4.69, 9.17) is 9.47 Å². The first-order valence-electron chi connectivity index (χ1n) is 9.00. The molecule has 3 heterocycles. The first-order chi connectivity index (χ1) is 13.0. The van der Waals surface area contributed by atoms with Crippen molar-refractivity contribution >= 4 is 34.1 Å². The quantitative estimate of drug-likeness (QED) is 0.691. The van der Waals surface area contributed by atoms with Gasteiger partial charge in [-0.25, -0.2) is 4.79 Å². The summed E-state index contributed by atoms with van der Waals surface area (Å²) in [5, 5.41) is 8.50. The van der Waals surface area contributed by atoms with E-state index in [0.29, 0.717) is 43.0 Å². The van der Waals surface area contributed by atoms with Crippen LogP contribution in [0.25, 0.3) is 0 Å². The molecule has 2 fully saturated rings. The Hall–Kier alpha value is -1.97. The van der Waals surface area contributed by atoms with Gasteiger partial charge in [-0.1, -0.05) is 0 Å². The van der Waals surface area contributed by atoms with Crippen molar-refractivity contribution in [3.05, 3.63) is 17.0 Å². The highest BCUT2D eigenvalue weighted by Gasteiger charge is 2.43. The molecule has 2 aliphatic rings. The zero-order valence-corrected chi connectivity index (χ0v) is 16.4. The van der Waals surface area contributed by atoms with Crippen LogP contribution in [0.4, 0.5) is 5.00 Å². The molecule has 1 aromatic heterocycles. The Balaban J connectivity index is 1.71. The van der Waals surface area contributed by atoms with Crippen molar-refractivity contribution in [1.29, 1.82) is 0 Å². The maximum absolute atomic E-state index is 13.0. The van der Waals surface area contributed by atoms with E-state index in [-0.39, 0.29) is 11.8 Å². The lowest BCUT2D eigenvalue weighted by Crippen LogP contribution is -2.53. The van der Waals surface area contributed by atoms with E-state index in [2.05, 4.69) is 10.6 Å². The fraction of sp³-hybridized carbons (Fsp3) is 0.611. The van der Waals surface area contributed by atoms with Crippen LogP contribution in [-0.4, -0.2) is 64.3 Å². The van der Waals surface area contributed by atoms with Crippen molar-refractivity contribution < 1.29 is 23.9 Å². The fourth-order valence-electron chi connectivity index (χ4n) is 3.72. The standard InChI is InChI=1S/C18H25N3O5S/c1-25-11-18(5-7-19-8-6-18)17(24)20-13-3-9-21(14(13)22)15-12(4-10-27-15)16(23)26-2/h4,10,13,19H,3,5-9,11H2,1-2H3,(H,20,24). The van der Waals surface area contributed by atoms with Crippen LogP contribution in [0, 0.1) is 5.41 Å². The zero-order chi connectivity index (χ0) is 19.4. The molecule has 2 N–H and O–H groups in total. The van der Waals surface area contributed by atoms with E-state index in [1.807, 2.05) is 0 Å². The number of rotatable bonds is 6. The molecule has 1 aromatic rings. The minimum Gasteiger partial charge on any atom is -0.465 e. The maximum Gasteiger partial charge on any atom is 0.340 e. The van der Waals surface area contributed by atoms with Crippen LogP contribution in [0.2, 0.25) is 0 Å². The van der Waals surface area contributed by atoms with E-state index < -0.39 is 17.4 Å². The van der Waals surface area contributed by atoms with Crippen molar-refractivity contribution in [3.8, 4) is 0 Å². The van der Waals surface area contributed by atoms with Crippen LogP contribution in [0.1, 0.15) is 29.6 Å². The second-order valence-electron chi connectivity index (χ2n) is 6.90. The number of ether oxygens (including phenoxy) is 2. The molecule has 0 bridgehead atoms. The molecule has 2 amide bonds. The lowest BCUT2D eigenvalue weighted by atomic mass is 9.78. The Morgan fingerprint density at radius 2 is 2.11 bits per heavy atom. The second kappa shape index (κ2) is 8.37. The Labute approximate surface area is 162 Å². The average molecular weight is 395 g/mol. The third kappa shape index (κ3) is 3.85. The number of nitrogens with one attached hydrogen (secondary N) is 2. The first kappa shape index (κ1) is 19.8. The Bertz CT molecular complexity index is 708. The first-order valence-corrected chi connectivity index (χ1v) is 9.88. The number of amides is 2. The topological polar surface area (TPSA) is 97.0 Å². The van der Waals surface area contributed by atoms with Gasteiger partial charge >= 0.3 is 5.97 Å². The number of hydrogen-bond acceptors (Lipinski definition) is 7. The largest absolute Gasteiger partial charge is 0.465 e. The number of carbonyl (C=O) groups is 3. The van der Waals surface area contributed by atoms with Crippen LogP contribution >= 0.6 is 11.3 Å². The van der Waals surface area contributed by atoms with Crippen LogP contribution in [0.3, 0.4) is 0 Å². The number of hydrogen-bond donors (Lipinski definition) is 2. The predicted molar refractivity (Wildman–Crippen MR) is 101 cm³/mol. The molecule has 2 saturated heterocycles. The Morgan fingerprint density at radius 1 is 1.37 bits per heavy atom. The summed E-state index contributed by atoms with van der Waals surface area (Å²) in [6, 6.07) is 1.06. The molecule has 0 spiro atoms. The van der Waals surface area contributed by atoms with Crippen LogP contribution < -0.4 is 15.5 Å². The number of piperidine rings is 1. The Kier molecular flexibility index (Phi) is 6.13. The molecule has 148 valence electrons. The van der Waals surface area contributed by atoms with Gasteiger partial charge in [0.05, 0.1) is 24.7 Å². The highest BCUT2D eigenvalue weighted by atomic mass is 32.1. The van der Waals surface area contributed by atoms with Gasteiger partial charge in [-0.05, 0) is 43.8 Å². The summed E-state index contributed by atoms with van der Waals surface area (Å²) >= 11 is 1.31. The Morgan fingerprint density at radius 3 is 2.78 bits per heavy atom. The molecule has 1 atom stereocenters. The monoisotopic (exact) mass is 395 g/mol. The molecule has 0 aromatic carbocycles. The minimum absolute atomic E-state index is 0.134. The molecule has 0 saturated carbocycles. The van der Waals surface area contributed by atoms with Crippen molar-refractivity contribution in [1.82, 2.24) is 10.6 Å². The SMILES string of the molecule is COCC1(C(=O)NC2CCN(c3sccc3C(=O)OC)C2=O)CCNCC1. The van der Waals surface area contributed by atoms with Gasteiger partial charge in [-0.2, -0.15) is 0 Å². The van der Waals surface area contributed by atoms with Gasteiger partial charge in [0.25, 0.3) is 0 Å². The summed E-state index contributed by atoms with van der Waals surface area (Å²) in [6.07, 6.45) is 1.85. The van der Waals surface area contributed by atoms with Gasteiger partial charge < -0.3 is 25.0 Å². The lowest BCUT2D eigenvalue weighted by molar-refractivity contribution is -0.138. The third-order valence-electron chi connectivity index (χ3n) is 5.27. The normalized spacial score (nSPS) is 21.9. The highest BCUT2D eigenvalue weighted by Crippen LogP contribution is 2.33. The number of anilines is 1. The van der Waals surface area contributed by atoms with E-state index in [0.717, 1.165) is 13.1 Å². The van der Waals surface area contributed by atoms with Gasteiger partial charge in [0.1, 0.15) is 11.0 Å². The van der Waals surface area contributed by atoms with Crippen molar-refractivity contribution in [3.63, 3.8) is 0 Å². The van der Waals surface area contributed by atoms with E-state index >= 15 is 0 Å². The van der Waals surface area contributed by atoms with E-state index in [9.17, 15) is 14.4 Å². The molecule has 3 rings (SSSR count). The number of nitrogens with zero attached hydrogens (tertiary/aromatic N) is 1.